The van der Waals surface area contributed by atoms with Gasteiger partial charge in [0.25, 0.3) is 6.43 Å². The van der Waals surface area contributed by atoms with E-state index in [2.05, 4.69) is 4.99 Å². The number of alkyl halides is 2. The molecule has 74 valence electrons. The first-order valence-electron chi connectivity index (χ1n) is 3.75. The highest BCUT2D eigenvalue weighted by Gasteiger charge is 2.10. The number of carbonyl (C=O) groups excluding carboxylic acids is 1. The molecule has 0 spiro atoms. The fourth-order valence-electron chi connectivity index (χ4n) is 0.969. The topological polar surface area (TPSA) is 29.4 Å². The van der Waals surface area contributed by atoms with E-state index in [4.69, 9.17) is 0 Å². The molecule has 0 amide bonds. The summed E-state index contributed by atoms with van der Waals surface area (Å²) >= 11 is 0. The van der Waals surface area contributed by atoms with Gasteiger partial charge >= 0.3 is 0 Å². The largest absolute Gasteiger partial charge is 0.263 e. The number of aliphatic imine (C=N–C) groups is 1. The Morgan fingerprint density at radius 2 is 2.14 bits per heavy atom. The van der Waals surface area contributed by atoms with Crippen LogP contribution in [0.25, 0.3) is 0 Å². The molecule has 0 N–H and O–H groups in total. The molecule has 0 fully saturated rings. The van der Waals surface area contributed by atoms with Crippen molar-refractivity contribution in [3.05, 3.63) is 35.1 Å². The second kappa shape index (κ2) is 4.58. The van der Waals surface area contributed by atoms with Crippen LogP contribution in [-0.4, -0.2) is 6.08 Å². The molecule has 0 aromatic heterocycles. The summed E-state index contributed by atoms with van der Waals surface area (Å²) in [6, 6.07) is 2.91. The van der Waals surface area contributed by atoms with E-state index < -0.39 is 12.2 Å². The SMILES string of the molecule is O=C=NCc1cc(C(F)F)ccc1F. The molecule has 1 rings (SSSR count). The van der Waals surface area contributed by atoms with Gasteiger partial charge < -0.3 is 0 Å². The molecular formula is C9H6F3NO. The van der Waals surface area contributed by atoms with Crippen molar-refractivity contribution in [2.75, 3.05) is 0 Å². The Morgan fingerprint density at radius 3 is 2.71 bits per heavy atom. The molecule has 0 saturated heterocycles. The fourth-order valence-corrected chi connectivity index (χ4v) is 0.969. The standard InChI is InChI=1S/C9H6F3NO/c10-8-2-1-6(9(11)12)3-7(8)4-13-5-14/h1-3,9H,4H2. The molecule has 0 bridgehead atoms. The molecule has 5 heteroatoms. The summed E-state index contributed by atoms with van der Waals surface area (Å²) in [5.41, 5.74) is -0.325. The van der Waals surface area contributed by atoms with E-state index in [1.807, 2.05) is 0 Å². The van der Waals surface area contributed by atoms with Crippen LogP contribution in [0, 0.1) is 5.82 Å². The van der Waals surface area contributed by atoms with Gasteiger partial charge in [0.1, 0.15) is 5.82 Å². The van der Waals surface area contributed by atoms with Crippen molar-refractivity contribution in [3.63, 3.8) is 0 Å². The lowest BCUT2D eigenvalue weighted by atomic mass is 10.1. The minimum atomic E-state index is -2.66. The van der Waals surface area contributed by atoms with Gasteiger partial charge in [0.15, 0.2) is 0 Å². The molecule has 0 saturated carbocycles. The number of hydrogen-bond donors (Lipinski definition) is 0. The zero-order valence-electron chi connectivity index (χ0n) is 7.01. The minimum absolute atomic E-state index is 0.0360. The molecule has 0 aliphatic heterocycles. The Bertz CT molecular complexity index is 372. The summed E-state index contributed by atoms with van der Waals surface area (Å²) in [6.45, 7) is -0.268. The molecule has 0 atom stereocenters. The minimum Gasteiger partial charge on any atom is -0.211 e. The quantitative estimate of drug-likeness (QED) is 0.546. The van der Waals surface area contributed by atoms with Crippen LogP contribution < -0.4 is 0 Å². The van der Waals surface area contributed by atoms with Crippen LogP contribution in [0.1, 0.15) is 17.6 Å². The van der Waals surface area contributed by atoms with Crippen molar-refractivity contribution in [3.8, 4) is 0 Å². The Kier molecular flexibility index (Phi) is 3.42. The number of halogens is 3. The first kappa shape index (κ1) is 10.5. The normalized spacial score (nSPS) is 10.0. The zero-order chi connectivity index (χ0) is 10.6. The maximum atomic E-state index is 12.9. The Balaban J connectivity index is 3.01. The molecule has 0 aliphatic rings. The Hall–Kier alpha value is -1.61. The second-order valence-corrected chi connectivity index (χ2v) is 2.56. The molecular weight excluding hydrogens is 195 g/mol. The van der Waals surface area contributed by atoms with Gasteiger partial charge in [0.2, 0.25) is 6.08 Å². The van der Waals surface area contributed by atoms with E-state index in [0.717, 1.165) is 18.2 Å². The molecule has 0 heterocycles. The van der Waals surface area contributed by atoms with Crippen LogP contribution >= 0.6 is 0 Å². The smallest absolute Gasteiger partial charge is 0.211 e. The number of isocyanates is 1. The molecule has 0 radical (unpaired) electrons. The lowest BCUT2D eigenvalue weighted by Crippen LogP contribution is -1.92. The highest BCUT2D eigenvalue weighted by atomic mass is 19.3. The average Bonchev–Trinajstić information content (AvgIpc) is 2.16. The van der Waals surface area contributed by atoms with Crippen molar-refractivity contribution in [1.82, 2.24) is 0 Å². The van der Waals surface area contributed by atoms with Gasteiger partial charge in [0, 0.05) is 11.1 Å². The fraction of sp³-hybridized carbons (Fsp3) is 0.222. The summed E-state index contributed by atoms with van der Waals surface area (Å²) in [6.07, 6.45) is -1.44. The molecule has 1 aromatic rings. The molecule has 0 unspecified atom stereocenters. The van der Waals surface area contributed by atoms with Gasteiger partial charge in [-0.05, 0) is 12.1 Å². The number of rotatable bonds is 3. The predicted octanol–water partition coefficient (Wildman–Crippen LogP) is 2.60. The third-order valence-electron chi connectivity index (χ3n) is 1.64. The second-order valence-electron chi connectivity index (χ2n) is 2.56. The number of hydrogen-bond acceptors (Lipinski definition) is 2. The number of nitrogens with zero attached hydrogens (tertiary/aromatic N) is 1. The first-order valence-corrected chi connectivity index (χ1v) is 3.75. The van der Waals surface area contributed by atoms with Gasteiger partial charge in [-0.1, -0.05) is 6.07 Å². The first-order chi connectivity index (χ1) is 6.65. The summed E-state index contributed by atoms with van der Waals surface area (Å²) in [4.78, 5) is 12.9. The zero-order valence-corrected chi connectivity index (χ0v) is 7.01. The summed E-state index contributed by atoms with van der Waals surface area (Å²) in [7, 11) is 0. The number of benzene rings is 1. The van der Waals surface area contributed by atoms with Crippen LogP contribution in [0.3, 0.4) is 0 Å². The third kappa shape index (κ3) is 2.44. The van der Waals surface area contributed by atoms with E-state index in [1.165, 1.54) is 6.08 Å². The third-order valence-corrected chi connectivity index (χ3v) is 1.64. The monoisotopic (exact) mass is 201 g/mol. The van der Waals surface area contributed by atoms with Crippen LogP contribution in [0.2, 0.25) is 0 Å². The van der Waals surface area contributed by atoms with Gasteiger partial charge in [-0.2, -0.15) is 0 Å². The van der Waals surface area contributed by atoms with Crippen molar-refractivity contribution in [1.29, 1.82) is 0 Å². The summed E-state index contributed by atoms with van der Waals surface area (Å²) < 4.78 is 37.3. The highest BCUT2D eigenvalue weighted by Crippen LogP contribution is 2.21. The molecule has 0 aliphatic carbocycles. The van der Waals surface area contributed by atoms with Crippen LogP contribution in [0.4, 0.5) is 13.2 Å². The van der Waals surface area contributed by atoms with Crippen LogP contribution in [0.15, 0.2) is 23.2 Å². The predicted molar refractivity (Wildman–Crippen MR) is 43.2 cm³/mol. The molecule has 14 heavy (non-hydrogen) atoms. The van der Waals surface area contributed by atoms with Crippen molar-refractivity contribution in [2.24, 2.45) is 4.99 Å². The van der Waals surface area contributed by atoms with E-state index in [0.29, 0.717) is 0 Å². The Labute approximate surface area is 78.1 Å². The van der Waals surface area contributed by atoms with E-state index in [9.17, 15) is 18.0 Å². The maximum Gasteiger partial charge on any atom is 0.263 e. The van der Waals surface area contributed by atoms with E-state index in [1.54, 1.807) is 0 Å². The van der Waals surface area contributed by atoms with Gasteiger partial charge in [-0.25, -0.2) is 23.0 Å². The van der Waals surface area contributed by atoms with Gasteiger partial charge in [-0.15, -0.1) is 0 Å². The van der Waals surface area contributed by atoms with E-state index >= 15 is 0 Å². The van der Waals surface area contributed by atoms with Crippen LogP contribution in [0.5, 0.6) is 0 Å². The lowest BCUT2D eigenvalue weighted by molar-refractivity contribution is 0.151. The lowest BCUT2D eigenvalue weighted by Gasteiger charge is -2.02. The van der Waals surface area contributed by atoms with E-state index in [-0.39, 0.29) is 17.7 Å². The van der Waals surface area contributed by atoms with Crippen molar-refractivity contribution >= 4 is 6.08 Å². The maximum absolute atomic E-state index is 12.9. The Morgan fingerprint density at radius 1 is 1.43 bits per heavy atom. The van der Waals surface area contributed by atoms with Gasteiger partial charge in [0.05, 0.1) is 6.54 Å². The summed E-state index contributed by atoms with van der Waals surface area (Å²) in [5.74, 6) is -0.659. The van der Waals surface area contributed by atoms with Gasteiger partial charge in [-0.3, -0.25) is 0 Å². The van der Waals surface area contributed by atoms with Crippen molar-refractivity contribution < 1.29 is 18.0 Å². The molecule has 2 nitrogen and oxygen atoms in total. The van der Waals surface area contributed by atoms with Crippen LogP contribution in [-0.2, 0) is 11.3 Å². The highest BCUT2D eigenvalue weighted by molar-refractivity contribution is 5.34. The molecule has 1 aromatic carbocycles. The average molecular weight is 201 g/mol. The summed E-state index contributed by atoms with van der Waals surface area (Å²) in [5, 5.41) is 0. The van der Waals surface area contributed by atoms with Crippen molar-refractivity contribution in [2.45, 2.75) is 13.0 Å².